The predicted octanol–water partition coefficient (Wildman–Crippen LogP) is 2.09. The molecule has 2 fully saturated rings. The van der Waals surface area contributed by atoms with Gasteiger partial charge < -0.3 is 10.6 Å². The number of hydrogen-bond donors (Lipinski definition) is 1. The van der Waals surface area contributed by atoms with Crippen molar-refractivity contribution in [1.82, 2.24) is 14.7 Å². The van der Waals surface area contributed by atoms with E-state index in [0.717, 1.165) is 36.7 Å². The Bertz CT molecular complexity index is 690. The maximum atomic E-state index is 6.17. The standard InChI is InChI=1S/C17H21N5S/c18-17(21-6-8-23-9-7-21)20-16-10-15(16)13-11-19-22(12-13)14-4-2-1-3-5-14/h1-5,11-12,15-16H,6-10H2,(H2,18,20)/t15-,16+/m0/s1. The lowest BCUT2D eigenvalue weighted by atomic mass is 10.2. The van der Waals surface area contributed by atoms with Crippen LogP contribution in [-0.4, -0.2) is 51.3 Å². The first kappa shape index (κ1) is 14.6. The number of nitrogens with zero attached hydrogens (tertiary/aromatic N) is 4. The molecule has 2 aliphatic rings. The molecule has 0 bridgehead atoms. The molecule has 5 nitrogen and oxygen atoms in total. The van der Waals surface area contributed by atoms with E-state index in [1.54, 1.807) is 0 Å². The van der Waals surface area contributed by atoms with Crippen molar-refractivity contribution < 1.29 is 0 Å². The molecule has 0 radical (unpaired) electrons. The van der Waals surface area contributed by atoms with E-state index in [1.165, 1.54) is 5.56 Å². The number of aromatic nitrogens is 2. The Morgan fingerprint density at radius 1 is 1.22 bits per heavy atom. The third kappa shape index (κ3) is 3.22. The van der Waals surface area contributed by atoms with E-state index in [0.29, 0.717) is 17.9 Å². The Morgan fingerprint density at radius 2 is 2.00 bits per heavy atom. The summed E-state index contributed by atoms with van der Waals surface area (Å²) in [6, 6.07) is 10.5. The summed E-state index contributed by atoms with van der Waals surface area (Å²) in [5, 5.41) is 4.47. The van der Waals surface area contributed by atoms with Crippen LogP contribution in [0.5, 0.6) is 0 Å². The Kier molecular flexibility index (Phi) is 3.99. The second kappa shape index (κ2) is 6.28. The summed E-state index contributed by atoms with van der Waals surface area (Å²) in [6.07, 6.45) is 5.15. The van der Waals surface area contributed by atoms with Crippen LogP contribution in [0.15, 0.2) is 47.7 Å². The van der Waals surface area contributed by atoms with E-state index in [9.17, 15) is 0 Å². The number of rotatable bonds is 3. The quantitative estimate of drug-likeness (QED) is 0.693. The number of guanidine groups is 1. The van der Waals surface area contributed by atoms with Crippen molar-refractivity contribution in [2.45, 2.75) is 18.4 Å². The molecule has 2 aromatic rings. The lowest BCUT2D eigenvalue weighted by Gasteiger charge is -2.27. The molecule has 1 aromatic carbocycles. The minimum atomic E-state index is 0.318. The molecule has 2 N–H and O–H groups in total. The summed E-state index contributed by atoms with van der Waals surface area (Å²) >= 11 is 1.99. The van der Waals surface area contributed by atoms with Gasteiger partial charge >= 0.3 is 0 Å². The summed E-state index contributed by atoms with van der Waals surface area (Å²) < 4.78 is 1.93. The maximum Gasteiger partial charge on any atom is 0.191 e. The molecule has 1 aromatic heterocycles. The fraction of sp³-hybridized carbons (Fsp3) is 0.412. The van der Waals surface area contributed by atoms with Crippen LogP contribution >= 0.6 is 11.8 Å². The van der Waals surface area contributed by atoms with Gasteiger partial charge in [0.15, 0.2) is 5.96 Å². The summed E-state index contributed by atoms with van der Waals surface area (Å²) in [5.74, 6) is 3.47. The van der Waals surface area contributed by atoms with Gasteiger partial charge in [0, 0.05) is 36.7 Å². The summed E-state index contributed by atoms with van der Waals surface area (Å²) in [4.78, 5) is 6.93. The Labute approximate surface area is 140 Å². The molecule has 1 aliphatic carbocycles. The summed E-state index contributed by atoms with van der Waals surface area (Å²) in [6.45, 7) is 2.03. The third-order valence-corrected chi connectivity index (χ3v) is 5.38. The Hall–Kier alpha value is -1.95. The van der Waals surface area contributed by atoms with Gasteiger partial charge in [-0.25, -0.2) is 9.67 Å². The van der Waals surface area contributed by atoms with Crippen LogP contribution in [0, 0.1) is 0 Å². The molecule has 4 rings (SSSR count). The molecule has 120 valence electrons. The van der Waals surface area contributed by atoms with Crippen LogP contribution in [-0.2, 0) is 0 Å². The molecule has 1 aliphatic heterocycles. The van der Waals surface area contributed by atoms with Crippen LogP contribution in [0.4, 0.5) is 0 Å². The second-order valence-corrected chi connectivity index (χ2v) is 7.27. The number of nitrogens with two attached hydrogens (primary N) is 1. The van der Waals surface area contributed by atoms with Gasteiger partial charge in [0.05, 0.1) is 17.9 Å². The van der Waals surface area contributed by atoms with Crippen LogP contribution in [0.25, 0.3) is 5.69 Å². The molecular formula is C17H21N5S. The highest BCUT2D eigenvalue weighted by atomic mass is 32.2. The van der Waals surface area contributed by atoms with Gasteiger partial charge in [0.2, 0.25) is 0 Å². The fourth-order valence-corrected chi connectivity index (χ4v) is 3.88. The van der Waals surface area contributed by atoms with Crippen molar-refractivity contribution in [3.05, 3.63) is 48.3 Å². The van der Waals surface area contributed by atoms with Gasteiger partial charge in [-0.05, 0) is 24.1 Å². The lowest BCUT2D eigenvalue weighted by Crippen LogP contribution is -2.42. The van der Waals surface area contributed by atoms with E-state index in [-0.39, 0.29) is 0 Å². The SMILES string of the molecule is NC(=N[C@@H]1C[C@H]1c1cnn(-c2ccccc2)c1)N1CCSCC1. The zero-order valence-electron chi connectivity index (χ0n) is 13.0. The van der Waals surface area contributed by atoms with Gasteiger partial charge in [-0.15, -0.1) is 0 Å². The monoisotopic (exact) mass is 327 g/mol. The molecule has 1 saturated heterocycles. The first-order valence-corrected chi connectivity index (χ1v) is 9.23. The maximum absolute atomic E-state index is 6.17. The smallest absolute Gasteiger partial charge is 0.191 e. The molecule has 23 heavy (non-hydrogen) atoms. The van der Waals surface area contributed by atoms with Crippen LogP contribution < -0.4 is 5.73 Å². The van der Waals surface area contributed by atoms with Gasteiger partial charge in [-0.2, -0.15) is 16.9 Å². The molecule has 6 heteroatoms. The zero-order chi connectivity index (χ0) is 15.6. The van der Waals surface area contributed by atoms with E-state index in [4.69, 9.17) is 10.7 Å². The van der Waals surface area contributed by atoms with Crippen LogP contribution in [0.1, 0.15) is 17.9 Å². The van der Waals surface area contributed by atoms with E-state index >= 15 is 0 Å². The predicted molar refractivity (Wildman–Crippen MR) is 95.2 cm³/mol. The molecule has 0 amide bonds. The van der Waals surface area contributed by atoms with Gasteiger partial charge in [0.25, 0.3) is 0 Å². The number of aliphatic imine (C=N–C) groups is 1. The van der Waals surface area contributed by atoms with Gasteiger partial charge in [0.1, 0.15) is 0 Å². The average molecular weight is 327 g/mol. The molecule has 1 saturated carbocycles. The van der Waals surface area contributed by atoms with Crippen LogP contribution in [0.3, 0.4) is 0 Å². The molecule has 2 heterocycles. The van der Waals surface area contributed by atoms with Crippen LogP contribution in [0.2, 0.25) is 0 Å². The topological polar surface area (TPSA) is 59.4 Å². The van der Waals surface area contributed by atoms with Crippen molar-refractivity contribution in [2.24, 2.45) is 10.7 Å². The first-order chi connectivity index (χ1) is 11.3. The lowest BCUT2D eigenvalue weighted by molar-refractivity contribution is 0.455. The van der Waals surface area contributed by atoms with Crippen molar-refractivity contribution >= 4 is 17.7 Å². The minimum absolute atomic E-state index is 0.318. The van der Waals surface area contributed by atoms with Crippen molar-refractivity contribution in [1.29, 1.82) is 0 Å². The molecule has 2 atom stereocenters. The van der Waals surface area contributed by atoms with E-state index in [1.807, 2.05) is 40.8 Å². The number of para-hydroxylation sites is 1. The number of thioether (sulfide) groups is 1. The second-order valence-electron chi connectivity index (χ2n) is 6.05. The average Bonchev–Trinajstić information content (AvgIpc) is 3.19. The van der Waals surface area contributed by atoms with Crippen molar-refractivity contribution in [3.63, 3.8) is 0 Å². The highest BCUT2D eigenvalue weighted by molar-refractivity contribution is 7.99. The minimum Gasteiger partial charge on any atom is -0.370 e. The van der Waals surface area contributed by atoms with Gasteiger partial charge in [-0.3, -0.25) is 0 Å². The molecular weight excluding hydrogens is 306 g/mol. The highest BCUT2D eigenvalue weighted by Gasteiger charge is 2.39. The molecule has 0 unspecified atom stereocenters. The Morgan fingerprint density at radius 3 is 2.78 bits per heavy atom. The normalized spacial score (nSPS) is 24.7. The van der Waals surface area contributed by atoms with Crippen molar-refractivity contribution in [2.75, 3.05) is 24.6 Å². The fourth-order valence-electron chi connectivity index (χ4n) is 2.98. The van der Waals surface area contributed by atoms with E-state index < -0.39 is 0 Å². The third-order valence-electron chi connectivity index (χ3n) is 4.44. The summed E-state index contributed by atoms with van der Waals surface area (Å²) in [7, 11) is 0. The largest absolute Gasteiger partial charge is 0.370 e. The first-order valence-electron chi connectivity index (χ1n) is 8.07. The van der Waals surface area contributed by atoms with E-state index in [2.05, 4.69) is 28.3 Å². The summed E-state index contributed by atoms with van der Waals surface area (Å²) in [5.41, 5.74) is 8.51. The number of hydrogen-bond acceptors (Lipinski definition) is 3. The highest BCUT2D eigenvalue weighted by Crippen LogP contribution is 2.43. The molecule has 0 spiro atoms. The van der Waals surface area contributed by atoms with Gasteiger partial charge in [-0.1, -0.05) is 18.2 Å². The van der Waals surface area contributed by atoms with Crippen molar-refractivity contribution in [3.8, 4) is 5.69 Å². The zero-order valence-corrected chi connectivity index (χ0v) is 13.8. The number of benzene rings is 1. The Balaban J connectivity index is 1.42.